The number of pyridine rings is 1. The first-order chi connectivity index (χ1) is 15.8. The number of hydrogen-bond donors (Lipinski definition) is 1. The Morgan fingerprint density at radius 1 is 1.15 bits per heavy atom. The first kappa shape index (κ1) is 26.0. The number of carbonyl (C=O) groups excluding carboxylic acids is 1. The van der Waals surface area contributed by atoms with Crippen LogP contribution in [0.2, 0.25) is 0 Å². The van der Waals surface area contributed by atoms with E-state index in [0.29, 0.717) is 42.1 Å². The van der Waals surface area contributed by atoms with Crippen molar-refractivity contribution in [3.63, 3.8) is 0 Å². The molecular formula is C24H30F3N3O3S. The number of hydrogen-bond acceptors (Lipinski definition) is 5. The third-order valence-corrected chi connectivity index (χ3v) is 6.66. The molecule has 1 unspecified atom stereocenters. The van der Waals surface area contributed by atoms with Gasteiger partial charge in [0.1, 0.15) is 17.3 Å². The minimum absolute atomic E-state index is 0.0484. The number of carbonyl (C=O) groups is 1. The third-order valence-electron chi connectivity index (χ3n) is 6.07. The molecule has 0 amide bonds. The highest BCUT2D eigenvalue weighted by Gasteiger charge is 2.34. The van der Waals surface area contributed by atoms with Crippen molar-refractivity contribution in [2.45, 2.75) is 58.0 Å². The van der Waals surface area contributed by atoms with E-state index in [9.17, 15) is 26.4 Å². The molecule has 0 bridgehead atoms. The fourth-order valence-corrected chi connectivity index (χ4v) is 4.77. The molecule has 6 nitrogen and oxygen atoms in total. The van der Waals surface area contributed by atoms with Crippen LogP contribution < -0.4 is 9.62 Å². The van der Waals surface area contributed by atoms with Crippen LogP contribution >= 0.6 is 0 Å². The quantitative estimate of drug-likeness (QED) is 0.551. The van der Waals surface area contributed by atoms with Gasteiger partial charge in [0.15, 0.2) is 0 Å². The monoisotopic (exact) mass is 497 g/mol. The second kappa shape index (κ2) is 10.3. The Hall–Kier alpha value is -2.62. The Balaban J connectivity index is 1.75. The van der Waals surface area contributed by atoms with E-state index in [0.717, 1.165) is 37.1 Å². The minimum atomic E-state index is -4.52. The molecule has 10 heteroatoms. The average molecular weight is 498 g/mol. The molecule has 1 aromatic heterocycles. The van der Waals surface area contributed by atoms with E-state index >= 15 is 0 Å². The number of Topliss-reactive ketones (excluding diaryl/α,β-unsaturated/α-hetero) is 1. The van der Waals surface area contributed by atoms with Gasteiger partial charge in [-0.2, -0.15) is 13.2 Å². The normalized spacial score (nSPS) is 15.8. The van der Waals surface area contributed by atoms with Gasteiger partial charge in [0.25, 0.3) is 0 Å². The number of rotatable bonds is 8. The number of alkyl halides is 3. The molecule has 1 N–H and O–H groups in total. The highest BCUT2D eigenvalue weighted by atomic mass is 32.2. The molecule has 186 valence electrons. The molecule has 1 aromatic carbocycles. The van der Waals surface area contributed by atoms with Crippen LogP contribution in [0.25, 0.3) is 0 Å². The Labute approximate surface area is 198 Å². The van der Waals surface area contributed by atoms with Gasteiger partial charge in [0.2, 0.25) is 10.0 Å². The fraction of sp³-hybridized carbons (Fsp3) is 0.500. The van der Waals surface area contributed by atoms with Gasteiger partial charge in [-0.05, 0) is 61.4 Å². The average Bonchev–Trinajstić information content (AvgIpc) is 2.77. The van der Waals surface area contributed by atoms with Gasteiger partial charge in [-0.1, -0.05) is 25.1 Å². The van der Waals surface area contributed by atoms with Crippen LogP contribution in [0.4, 0.5) is 24.7 Å². The number of sulfonamides is 1. The van der Waals surface area contributed by atoms with Crippen molar-refractivity contribution in [3.05, 3.63) is 52.7 Å². The maximum atomic E-state index is 13.3. The van der Waals surface area contributed by atoms with Crippen LogP contribution in [0, 0.1) is 6.92 Å². The summed E-state index contributed by atoms with van der Waals surface area (Å²) in [5.41, 5.74) is 1.62. The molecule has 2 aromatic rings. The van der Waals surface area contributed by atoms with Crippen molar-refractivity contribution >= 4 is 27.3 Å². The van der Waals surface area contributed by atoms with Gasteiger partial charge in [-0.25, -0.2) is 13.4 Å². The molecule has 1 saturated heterocycles. The van der Waals surface area contributed by atoms with E-state index in [-0.39, 0.29) is 12.2 Å². The smallest absolute Gasteiger partial charge is 0.356 e. The van der Waals surface area contributed by atoms with Crippen LogP contribution in [0.1, 0.15) is 60.9 Å². The number of benzene rings is 1. The number of halogens is 3. The van der Waals surface area contributed by atoms with Crippen LogP contribution in [-0.4, -0.2) is 38.5 Å². The highest BCUT2D eigenvalue weighted by molar-refractivity contribution is 7.92. The summed E-state index contributed by atoms with van der Waals surface area (Å²) in [6.07, 6.45) is -0.152. The minimum Gasteiger partial charge on any atom is -0.356 e. The molecule has 1 fully saturated rings. The second-order valence-corrected chi connectivity index (χ2v) is 10.6. The van der Waals surface area contributed by atoms with Gasteiger partial charge in [-0.15, -0.1) is 0 Å². The van der Waals surface area contributed by atoms with E-state index < -0.39 is 27.8 Å². The molecule has 34 heavy (non-hydrogen) atoms. The predicted octanol–water partition coefficient (Wildman–Crippen LogP) is 5.08. The summed E-state index contributed by atoms with van der Waals surface area (Å²) in [7, 11) is -3.41. The van der Waals surface area contributed by atoms with Gasteiger partial charge in [0, 0.05) is 25.4 Å². The lowest BCUT2D eigenvalue weighted by Crippen LogP contribution is -2.31. The third kappa shape index (κ3) is 6.71. The molecule has 1 aliphatic rings. The van der Waals surface area contributed by atoms with Gasteiger partial charge in [-0.3, -0.25) is 9.52 Å². The topological polar surface area (TPSA) is 79.4 Å². The number of anilines is 2. The summed E-state index contributed by atoms with van der Waals surface area (Å²) in [5.74, 6) is -0.165. The number of aryl methyl sites for hydroxylation is 2. The summed E-state index contributed by atoms with van der Waals surface area (Å²) in [6.45, 7) is 4.84. The van der Waals surface area contributed by atoms with Crippen LogP contribution in [-0.2, 0) is 27.4 Å². The van der Waals surface area contributed by atoms with Gasteiger partial charge in [0.05, 0.1) is 11.9 Å². The molecule has 0 saturated carbocycles. The molecule has 1 atom stereocenters. The largest absolute Gasteiger partial charge is 0.433 e. The summed E-state index contributed by atoms with van der Waals surface area (Å²) in [5, 5.41) is 0. The maximum absolute atomic E-state index is 13.3. The lowest BCUT2D eigenvalue weighted by molar-refractivity contribution is -0.141. The van der Waals surface area contributed by atoms with Gasteiger partial charge < -0.3 is 4.90 Å². The van der Waals surface area contributed by atoms with Crippen molar-refractivity contribution in [1.82, 2.24) is 4.98 Å². The highest BCUT2D eigenvalue weighted by Crippen LogP contribution is 2.32. The van der Waals surface area contributed by atoms with E-state index in [2.05, 4.69) is 9.71 Å². The number of nitrogens with one attached hydrogen (secondary N) is 1. The van der Waals surface area contributed by atoms with E-state index in [4.69, 9.17) is 0 Å². The lowest BCUT2D eigenvalue weighted by atomic mass is 9.91. The first-order valence-corrected chi connectivity index (χ1v) is 13.2. The standard InChI is InChI=1S/C24H30F3N3O3S/c1-16-15-19(7-10-20(16)29-34(3,32)33)17(2)21(31)11-8-18-9-12-22(24(25,26)27)28-23(18)30-13-5-4-6-14-30/h7,9-10,12,15,17,29H,4-6,8,11,13-14H2,1-3H3. The molecule has 2 heterocycles. The van der Waals surface area contributed by atoms with Crippen molar-refractivity contribution in [1.29, 1.82) is 0 Å². The Morgan fingerprint density at radius 2 is 1.82 bits per heavy atom. The maximum Gasteiger partial charge on any atom is 0.433 e. The SMILES string of the molecule is Cc1cc(C(C)C(=O)CCc2ccc(C(F)(F)F)nc2N2CCCCC2)ccc1NS(C)(=O)=O. The van der Waals surface area contributed by atoms with E-state index in [1.165, 1.54) is 6.07 Å². The Bertz CT molecular complexity index is 1140. The van der Waals surface area contributed by atoms with Crippen molar-refractivity contribution in [2.75, 3.05) is 29.0 Å². The Morgan fingerprint density at radius 3 is 2.41 bits per heavy atom. The molecule has 0 spiro atoms. The number of aromatic nitrogens is 1. The zero-order valence-electron chi connectivity index (χ0n) is 19.6. The number of ketones is 1. The van der Waals surface area contributed by atoms with E-state index in [1.807, 2.05) is 4.90 Å². The van der Waals surface area contributed by atoms with Crippen molar-refractivity contribution in [3.8, 4) is 0 Å². The molecule has 1 aliphatic heterocycles. The predicted molar refractivity (Wildman–Crippen MR) is 127 cm³/mol. The van der Waals surface area contributed by atoms with Crippen molar-refractivity contribution < 1.29 is 26.4 Å². The first-order valence-electron chi connectivity index (χ1n) is 11.3. The summed E-state index contributed by atoms with van der Waals surface area (Å²) >= 11 is 0. The molecule has 0 radical (unpaired) electrons. The summed E-state index contributed by atoms with van der Waals surface area (Å²) in [4.78, 5) is 18.8. The van der Waals surface area contributed by atoms with Gasteiger partial charge >= 0.3 is 6.18 Å². The molecular weight excluding hydrogens is 467 g/mol. The van der Waals surface area contributed by atoms with E-state index in [1.54, 1.807) is 32.0 Å². The number of nitrogens with zero attached hydrogens (tertiary/aromatic N) is 2. The summed E-state index contributed by atoms with van der Waals surface area (Å²) < 4.78 is 65.2. The molecule has 0 aliphatic carbocycles. The van der Waals surface area contributed by atoms with Crippen LogP contribution in [0.15, 0.2) is 30.3 Å². The zero-order chi connectivity index (χ0) is 25.1. The Kier molecular flexibility index (Phi) is 7.90. The lowest BCUT2D eigenvalue weighted by Gasteiger charge is -2.30. The van der Waals surface area contributed by atoms with Crippen LogP contribution in [0.3, 0.4) is 0 Å². The fourth-order valence-electron chi connectivity index (χ4n) is 4.14. The second-order valence-electron chi connectivity index (χ2n) is 8.86. The van der Waals surface area contributed by atoms with Crippen molar-refractivity contribution in [2.24, 2.45) is 0 Å². The van der Waals surface area contributed by atoms with Crippen LogP contribution in [0.5, 0.6) is 0 Å². The number of piperidine rings is 1. The molecule has 3 rings (SSSR count). The summed E-state index contributed by atoms with van der Waals surface area (Å²) in [6, 6.07) is 7.53. The zero-order valence-corrected chi connectivity index (χ0v) is 20.4.